The van der Waals surface area contributed by atoms with Crippen LogP contribution in [0.25, 0.3) is 22.8 Å². The molecular formula is C26H25F2N3O. The number of carbonyl (C=O) groups is 1. The molecule has 0 spiro atoms. The molecule has 2 aliphatic rings. The van der Waals surface area contributed by atoms with Crippen LogP contribution in [0.3, 0.4) is 0 Å². The van der Waals surface area contributed by atoms with Gasteiger partial charge in [-0.1, -0.05) is 18.2 Å². The van der Waals surface area contributed by atoms with Gasteiger partial charge in [0.15, 0.2) is 0 Å². The second-order valence-corrected chi connectivity index (χ2v) is 8.56. The maximum atomic E-state index is 14.6. The number of piperidine rings is 1. The zero-order chi connectivity index (χ0) is 22.4. The van der Waals surface area contributed by atoms with Gasteiger partial charge in [-0.3, -0.25) is 4.79 Å². The summed E-state index contributed by atoms with van der Waals surface area (Å²) in [6.45, 7) is 6.13. The third kappa shape index (κ3) is 3.35. The molecule has 0 atom stereocenters. The Balaban J connectivity index is 1.65. The number of halogens is 2. The Morgan fingerprint density at radius 2 is 1.66 bits per heavy atom. The van der Waals surface area contributed by atoms with Crippen LogP contribution >= 0.6 is 0 Å². The Kier molecular flexibility index (Phi) is 5.18. The lowest BCUT2D eigenvalue weighted by Crippen LogP contribution is -2.27. The average Bonchev–Trinajstić information content (AvgIpc) is 3.24. The molecule has 164 valence electrons. The Labute approximate surface area is 185 Å². The lowest BCUT2D eigenvalue weighted by atomic mass is 9.87. The summed E-state index contributed by atoms with van der Waals surface area (Å²) in [5, 5.41) is 6.25. The van der Waals surface area contributed by atoms with Crippen molar-refractivity contribution in [1.82, 2.24) is 10.3 Å². The van der Waals surface area contributed by atoms with E-state index in [0.29, 0.717) is 28.3 Å². The van der Waals surface area contributed by atoms with Gasteiger partial charge in [-0.15, -0.1) is 0 Å². The fraction of sp³-hybridized carbons (Fsp3) is 0.269. The van der Waals surface area contributed by atoms with Crippen LogP contribution < -0.4 is 10.6 Å². The summed E-state index contributed by atoms with van der Waals surface area (Å²) in [6.07, 6.45) is 3.97. The molecule has 3 N–H and O–H groups in total. The van der Waals surface area contributed by atoms with Crippen LogP contribution in [0.15, 0.2) is 36.4 Å². The molecule has 4 nitrogen and oxygen atoms in total. The van der Waals surface area contributed by atoms with Crippen molar-refractivity contribution in [3.05, 3.63) is 76.1 Å². The quantitative estimate of drug-likeness (QED) is 0.475. The van der Waals surface area contributed by atoms with Gasteiger partial charge in [0.25, 0.3) is 5.91 Å². The van der Waals surface area contributed by atoms with Gasteiger partial charge >= 0.3 is 0 Å². The molecule has 1 amide bonds. The van der Waals surface area contributed by atoms with E-state index in [0.717, 1.165) is 42.9 Å². The summed E-state index contributed by atoms with van der Waals surface area (Å²) >= 11 is 0. The first-order valence-electron chi connectivity index (χ1n) is 11.0. The summed E-state index contributed by atoms with van der Waals surface area (Å²) in [6, 6.07) is 8.91. The van der Waals surface area contributed by atoms with Crippen LogP contribution in [0.4, 0.5) is 14.5 Å². The first kappa shape index (κ1) is 20.6. The number of benzene rings is 2. The normalized spacial score (nSPS) is 17.6. The zero-order valence-electron chi connectivity index (χ0n) is 18.1. The number of anilines is 1. The third-order valence-electron chi connectivity index (χ3n) is 6.63. The summed E-state index contributed by atoms with van der Waals surface area (Å²) in [5.41, 5.74) is 6.12. The lowest BCUT2D eigenvalue weighted by Gasteiger charge is -2.23. The molecule has 0 bridgehead atoms. The number of rotatable bonds is 3. The molecule has 2 aromatic carbocycles. The molecule has 3 aromatic rings. The molecule has 0 saturated carbocycles. The SMILES string of the molecule is Cc1[nH]c(C=C2C(=O)Nc3cccc(-c4c(F)cccc4F)c32)c(C)c1C1CCNCC1. The monoisotopic (exact) mass is 433 g/mol. The second-order valence-electron chi connectivity index (χ2n) is 8.56. The summed E-state index contributed by atoms with van der Waals surface area (Å²) in [7, 11) is 0. The highest BCUT2D eigenvalue weighted by atomic mass is 19.1. The molecule has 1 fully saturated rings. The van der Waals surface area contributed by atoms with E-state index in [4.69, 9.17) is 0 Å². The first-order chi connectivity index (χ1) is 15.5. The highest BCUT2D eigenvalue weighted by molar-refractivity contribution is 6.36. The van der Waals surface area contributed by atoms with Crippen molar-refractivity contribution in [2.24, 2.45) is 0 Å². The van der Waals surface area contributed by atoms with Crippen molar-refractivity contribution < 1.29 is 13.6 Å². The Bertz CT molecular complexity index is 1230. The average molecular weight is 434 g/mol. The largest absolute Gasteiger partial charge is 0.359 e. The molecular weight excluding hydrogens is 408 g/mol. The molecule has 2 aliphatic heterocycles. The zero-order valence-corrected chi connectivity index (χ0v) is 18.1. The highest BCUT2D eigenvalue weighted by Gasteiger charge is 2.30. The Morgan fingerprint density at radius 1 is 0.969 bits per heavy atom. The topological polar surface area (TPSA) is 56.9 Å². The maximum Gasteiger partial charge on any atom is 0.256 e. The van der Waals surface area contributed by atoms with Crippen molar-refractivity contribution in [3.8, 4) is 11.1 Å². The Hall–Kier alpha value is -3.25. The molecule has 1 saturated heterocycles. The smallest absolute Gasteiger partial charge is 0.256 e. The van der Waals surface area contributed by atoms with Gasteiger partial charge in [0, 0.05) is 22.6 Å². The van der Waals surface area contributed by atoms with E-state index in [1.807, 2.05) is 6.08 Å². The molecule has 6 heteroatoms. The van der Waals surface area contributed by atoms with E-state index in [9.17, 15) is 13.6 Å². The van der Waals surface area contributed by atoms with E-state index < -0.39 is 11.6 Å². The summed E-state index contributed by atoms with van der Waals surface area (Å²) in [4.78, 5) is 16.4. The minimum atomic E-state index is -0.655. The van der Waals surface area contributed by atoms with E-state index in [-0.39, 0.29) is 11.5 Å². The van der Waals surface area contributed by atoms with Gasteiger partial charge < -0.3 is 15.6 Å². The predicted molar refractivity (Wildman–Crippen MR) is 123 cm³/mol. The van der Waals surface area contributed by atoms with E-state index >= 15 is 0 Å². The molecule has 3 heterocycles. The van der Waals surface area contributed by atoms with E-state index in [2.05, 4.69) is 29.5 Å². The van der Waals surface area contributed by atoms with Crippen molar-refractivity contribution in [2.75, 3.05) is 18.4 Å². The number of fused-ring (bicyclic) bond motifs is 1. The first-order valence-corrected chi connectivity index (χ1v) is 11.0. The van der Waals surface area contributed by atoms with Gasteiger partial charge in [-0.05, 0) is 86.7 Å². The number of aryl methyl sites for hydroxylation is 1. The second kappa shape index (κ2) is 8.02. The van der Waals surface area contributed by atoms with Crippen LogP contribution in [0.1, 0.15) is 46.8 Å². The maximum absolute atomic E-state index is 14.6. The number of aromatic nitrogens is 1. The van der Waals surface area contributed by atoms with Gasteiger partial charge in [0.1, 0.15) is 11.6 Å². The molecule has 5 rings (SSSR count). The van der Waals surface area contributed by atoms with Crippen molar-refractivity contribution in [2.45, 2.75) is 32.6 Å². The van der Waals surface area contributed by atoms with Crippen molar-refractivity contribution >= 4 is 23.2 Å². The molecule has 0 unspecified atom stereocenters. The fourth-order valence-electron chi connectivity index (χ4n) is 5.15. The van der Waals surface area contributed by atoms with Gasteiger partial charge in [-0.25, -0.2) is 8.78 Å². The van der Waals surface area contributed by atoms with Crippen molar-refractivity contribution in [3.63, 3.8) is 0 Å². The van der Waals surface area contributed by atoms with Gasteiger partial charge in [-0.2, -0.15) is 0 Å². The molecule has 32 heavy (non-hydrogen) atoms. The van der Waals surface area contributed by atoms with Gasteiger partial charge in [0.05, 0.1) is 11.1 Å². The lowest BCUT2D eigenvalue weighted by molar-refractivity contribution is -0.110. The van der Waals surface area contributed by atoms with Gasteiger partial charge in [0.2, 0.25) is 0 Å². The third-order valence-corrected chi connectivity index (χ3v) is 6.63. The standard InChI is InChI=1S/C26H25F2N3O/c1-14-22(30-15(2)23(14)16-9-11-29-12-10-16)13-18-24-17(5-3-8-21(24)31-26(18)32)25-19(27)6-4-7-20(25)28/h3-8,13,16,29-30H,9-12H2,1-2H3,(H,31,32). The summed E-state index contributed by atoms with van der Waals surface area (Å²) in [5.74, 6) is -1.11. The highest BCUT2D eigenvalue weighted by Crippen LogP contribution is 2.42. The number of hydrogen-bond donors (Lipinski definition) is 3. The molecule has 0 aliphatic carbocycles. The van der Waals surface area contributed by atoms with Crippen LogP contribution in [-0.2, 0) is 4.79 Å². The molecule has 1 aromatic heterocycles. The fourth-order valence-corrected chi connectivity index (χ4v) is 5.15. The summed E-state index contributed by atoms with van der Waals surface area (Å²) < 4.78 is 29.2. The number of carbonyl (C=O) groups excluding carboxylic acids is 1. The minimum Gasteiger partial charge on any atom is -0.359 e. The number of hydrogen-bond acceptors (Lipinski definition) is 2. The predicted octanol–water partition coefficient (Wildman–Crippen LogP) is 5.54. The number of nitrogens with one attached hydrogen (secondary N) is 3. The van der Waals surface area contributed by atoms with Crippen molar-refractivity contribution in [1.29, 1.82) is 0 Å². The van der Waals surface area contributed by atoms with E-state index in [1.54, 1.807) is 18.2 Å². The van der Waals surface area contributed by atoms with Crippen LogP contribution in [0, 0.1) is 25.5 Å². The Morgan fingerprint density at radius 3 is 2.38 bits per heavy atom. The van der Waals surface area contributed by atoms with E-state index in [1.165, 1.54) is 23.8 Å². The minimum absolute atomic E-state index is 0.124. The number of H-pyrrole nitrogens is 1. The number of aromatic amines is 1. The number of amides is 1. The molecule has 0 radical (unpaired) electrons. The van der Waals surface area contributed by atoms with Crippen LogP contribution in [-0.4, -0.2) is 24.0 Å². The van der Waals surface area contributed by atoms with Crippen LogP contribution in [0.5, 0.6) is 0 Å². The van der Waals surface area contributed by atoms with Crippen LogP contribution in [0.2, 0.25) is 0 Å².